The Morgan fingerprint density at radius 3 is 2.75 bits per heavy atom. The maximum Gasteiger partial charge on any atom is 0.272 e. The summed E-state index contributed by atoms with van der Waals surface area (Å²) in [5.41, 5.74) is 2.04. The Bertz CT molecular complexity index is 990. The predicted molar refractivity (Wildman–Crippen MR) is 86.9 cm³/mol. The van der Waals surface area contributed by atoms with E-state index in [1.807, 2.05) is 36.4 Å². The fourth-order valence-electron chi connectivity index (χ4n) is 2.39. The number of hydrogen-bond donors (Lipinski definition) is 3. The van der Waals surface area contributed by atoms with E-state index in [4.69, 9.17) is 0 Å². The van der Waals surface area contributed by atoms with Crippen LogP contribution in [0.2, 0.25) is 0 Å². The number of carbonyl (C=O) groups is 1. The van der Waals surface area contributed by atoms with Crippen LogP contribution in [0.4, 0.5) is 0 Å². The summed E-state index contributed by atoms with van der Waals surface area (Å²) in [6, 6.07) is 11.1. The van der Waals surface area contributed by atoms with Gasteiger partial charge in [0.05, 0.1) is 12.1 Å². The normalized spacial score (nSPS) is 10.8. The van der Waals surface area contributed by atoms with Crippen LogP contribution in [-0.4, -0.2) is 36.3 Å². The number of fused-ring (bicyclic) bond motifs is 1. The predicted octanol–water partition coefficient (Wildman–Crippen LogP) is 1.67. The first-order valence-corrected chi connectivity index (χ1v) is 7.34. The van der Waals surface area contributed by atoms with Gasteiger partial charge in [0.25, 0.3) is 5.91 Å². The molecular formula is C16H13N7O. The van der Waals surface area contributed by atoms with Crippen LogP contribution in [0.5, 0.6) is 0 Å². The van der Waals surface area contributed by atoms with Gasteiger partial charge in [-0.05, 0) is 18.2 Å². The molecule has 3 aromatic heterocycles. The highest BCUT2D eigenvalue weighted by Crippen LogP contribution is 2.15. The van der Waals surface area contributed by atoms with Crippen molar-refractivity contribution in [3.8, 4) is 11.4 Å². The van der Waals surface area contributed by atoms with Crippen molar-refractivity contribution >= 4 is 16.8 Å². The van der Waals surface area contributed by atoms with Gasteiger partial charge in [0.15, 0.2) is 11.5 Å². The largest absolute Gasteiger partial charge is 0.343 e. The minimum absolute atomic E-state index is 0.234. The molecule has 4 rings (SSSR count). The van der Waals surface area contributed by atoms with Gasteiger partial charge in [-0.3, -0.25) is 20.0 Å². The number of aromatic nitrogens is 6. The van der Waals surface area contributed by atoms with Crippen molar-refractivity contribution in [2.45, 2.75) is 6.54 Å². The molecule has 4 aromatic rings. The average molecular weight is 319 g/mol. The Balaban J connectivity index is 1.47. The van der Waals surface area contributed by atoms with E-state index in [0.29, 0.717) is 17.3 Å². The standard InChI is InChI=1S/C16H13N7O/c24-16(14-11-3-1-2-4-12(11)20-22-14)18-9-13-19-15(23-21-13)10-5-7-17-8-6-10/h1-8H,9H2,(H,18,24)(H,20,22)(H,19,21,23). The van der Waals surface area contributed by atoms with Gasteiger partial charge in [0.2, 0.25) is 0 Å². The minimum Gasteiger partial charge on any atom is -0.343 e. The van der Waals surface area contributed by atoms with Crippen LogP contribution in [0.15, 0.2) is 48.8 Å². The topological polar surface area (TPSA) is 112 Å². The van der Waals surface area contributed by atoms with Crippen LogP contribution >= 0.6 is 0 Å². The molecule has 0 unspecified atom stereocenters. The molecule has 0 aliphatic rings. The smallest absolute Gasteiger partial charge is 0.272 e. The molecule has 0 saturated carbocycles. The molecule has 3 heterocycles. The number of H-pyrrole nitrogens is 2. The quantitative estimate of drug-likeness (QED) is 0.530. The SMILES string of the molecule is O=C(NCc1nc(-c2ccncc2)n[nH]1)c1n[nH]c2ccccc12. The summed E-state index contributed by atoms with van der Waals surface area (Å²) in [6.45, 7) is 0.234. The molecule has 0 spiro atoms. The minimum atomic E-state index is -0.269. The lowest BCUT2D eigenvalue weighted by Gasteiger charge is -2.00. The van der Waals surface area contributed by atoms with E-state index in [2.05, 4.69) is 35.7 Å². The molecule has 24 heavy (non-hydrogen) atoms. The third-order valence-corrected chi connectivity index (χ3v) is 3.57. The van der Waals surface area contributed by atoms with Crippen LogP contribution in [-0.2, 0) is 6.54 Å². The summed E-state index contributed by atoms with van der Waals surface area (Å²) >= 11 is 0. The summed E-state index contributed by atoms with van der Waals surface area (Å²) in [4.78, 5) is 20.6. The number of pyridine rings is 1. The van der Waals surface area contributed by atoms with E-state index < -0.39 is 0 Å². The number of nitrogens with zero attached hydrogens (tertiary/aromatic N) is 4. The van der Waals surface area contributed by atoms with Gasteiger partial charge in [-0.1, -0.05) is 18.2 Å². The number of aromatic amines is 2. The lowest BCUT2D eigenvalue weighted by Crippen LogP contribution is -2.24. The molecular weight excluding hydrogens is 306 g/mol. The monoisotopic (exact) mass is 319 g/mol. The van der Waals surface area contributed by atoms with Gasteiger partial charge in [-0.15, -0.1) is 0 Å². The summed E-state index contributed by atoms with van der Waals surface area (Å²) in [5.74, 6) is 0.858. The van der Waals surface area contributed by atoms with Crippen LogP contribution in [0.25, 0.3) is 22.3 Å². The Labute approximate surface area is 136 Å². The van der Waals surface area contributed by atoms with E-state index in [9.17, 15) is 4.79 Å². The maximum absolute atomic E-state index is 12.3. The Morgan fingerprint density at radius 1 is 1.04 bits per heavy atom. The summed E-state index contributed by atoms with van der Waals surface area (Å²) in [6.07, 6.45) is 3.35. The van der Waals surface area contributed by atoms with Crippen molar-refractivity contribution in [2.75, 3.05) is 0 Å². The highest BCUT2D eigenvalue weighted by molar-refractivity contribution is 6.04. The number of hydrogen-bond acceptors (Lipinski definition) is 5. The summed E-state index contributed by atoms with van der Waals surface area (Å²) < 4.78 is 0. The van der Waals surface area contributed by atoms with Gasteiger partial charge in [0, 0.05) is 23.3 Å². The molecule has 1 amide bonds. The van der Waals surface area contributed by atoms with Crippen molar-refractivity contribution in [1.82, 2.24) is 35.7 Å². The van der Waals surface area contributed by atoms with E-state index in [1.54, 1.807) is 12.4 Å². The number of amides is 1. The molecule has 8 heteroatoms. The molecule has 0 atom stereocenters. The van der Waals surface area contributed by atoms with E-state index in [1.165, 1.54) is 0 Å². The zero-order valence-electron chi connectivity index (χ0n) is 12.5. The van der Waals surface area contributed by atoms with Gasteiger partial charge in [-0.25, -0.2) is 4.98 Å². The first-order valence-electron chi connectivity index (χ1n) is 7.34. The number of carbonyl (C=O) groups excluding carboxylic acids is 1. The molecule has 0 saturated heterocycles. The van der Waals surface area contributed by atoms with Gasteiger partial charge in [-0.2, -0.15) is 10.2 Å². The number of nitrogens with one attached hydrogen (secondary N) is 3. The van der Waals surface area contributed by atoms with Crippen LogP contribution in [0.3, 0.4) is 0 Å². The van der Waals surface area contributed by atoms with Crippen LogP contribution in [0, 0.1) is 0 Å². The second-order valence-electron chi connectivity index (χ2n) is 5.14. The second kappa shape index (κ2) is 5.92. The van der Waals surface area contributed by atoms with E-state index in [0.717, 1.165) is 16.5 Å². The fraction of sp³-hybridized carbons (Fsp3) is 0.0625. The Morgan fingerprint density at radius 2 is 1.88 bits per heavy atom. The summed E-state index contributed by atoms with van der Waals surface area (Å²) in [7, 11) is 0. The highest BCUT2D eigenvalue weighted by Gasteiger charge is 2.14. The molecule has 0 aliphatic carbocycles. The fourth-order valence-corrected chi connectivity index (χ4v) is 2.39. The Kier molecular flexibility index (Phi) is 3.47. The van der Waals surface area contributed by atoms with Crippen LogP contribution in [0.1, 0.15) is 16.3 Å². The number of benzene rings is 1. The lowest BCUT2D eigenvalue weighted by molar-refractivity contribution is 0.0946. The zero-order valence-corrected chi connectivity index (χ0v) is 12.5. The Hall–Kier alpha value is -3.55. The molecule has 0 fully saturated rings. The summed E-state index contributed by atoms with van der Waals surface area (Å²) in [5, 5.41) is 17.4. The first kappa shape index (κ1) is 14.1. The van der Waals surface area contributed by atoms with E-state index in [-0.39, 0.29) is 12.5 Å². The van der Waals surface area contributed by atoms with Crippen molar-refractivity contribution in [3.63, 3.8) is 0 Å². The van der Waals surface area contributed by atoms with Gasteiger partial charge in [0.1, 0.15) is 5.82 Å². The van der Waals surface area contributed by atoms with Gasteiger partial charge >= 0.3 is 0 Å². The van der Waals surface area contributed by atoms with Crippen molar-refractivity contribution in [1.29, 1.82) is 0 Å². The van der Waals surface area contributed by atoms with Crippen molar-refractivity contribution in [3.05, 3.63) is 60.3 Å². The average Bonchev–Trinajstić information content (AvgIpc) is 3.27. The number of para-hydroxylation sites is 1. The zero-order chi connectivity index (χ0) is 16.4. The van der Waals surface area contributed by atoms with Crippen molar-refractivity contribution < 1.29 is 4.79 Å². The van der Waals surface area contributed by atoms with E-state index >= 15 is 0 Å². The number of rotatable bonds is 4. The molecule has 0 radical (unpaired) electrons. The molecule has 0 bridgehead atoms. The van der Waals surface area contributed by atoms with Crippen molar-refractivity contribution in [2.24, 2.45) is 0 Å². The third kappa shape index (κ3) is 2.60. The molecule has 3 N–H and O–H groups in total. The third-order valence-electron chi connectivity index (χ3n) is 3.57. The molecule has 1 aromatic carbocycles. The second-order valence-corrected chi connectivity index (χ2v) is 5.14. The maximum atomic E-state index is 12.3. The molecule has 8 nitrogen and oxygen atoms in total. The first-order chi connectivity index (χ1) is 11.8. The molecule has 0 aliphatic heterocycles. The lowest BCUT2D eigenvalue weighted by atomic mass is 10.2. The highest BCUT2D eigenvalue weighted by atomic mass is 16.1. The van der Waals surface area contributed by atoms with Crippen LogP contribution < -0.4 is 5.32 Å². The molecule has 118 valence electrons. The van der Waals surface area contributed by atoms with Gasteiger partial charge < -0.3 is 5.32 Å².